The van der Waals surface area contributed by atoms with Gasteiger partial charge in [-0.3, -0.25) is 4.79 Å². The predicted molar refractivity (Wildman–Crippen MR) is 109 cm³/mol. The zero-order chi connectivity index (χ0) is 19.7. The Morgan fingerprint density at radius 1 is 1.18 bits per heavy atom. The van der Waals surface area contributed by atoms with Crippen LogP contribution in [0.2, 0.25) is 0 Å². The summed E-state index contributed by atoms with van der Waals surface area (Å²) >= 11 is 2.88. The van der Waals surface area contributed by atoms with Crippen LogP contribution in [0.5, 0.6) is 5.75 Å². The predicted octanol–water partition coefficient (Wildman–Crippen LogP) is 3.61. The Balaban J connectivity index is 1.57. The zero-order valence-electron chi connectivity index (χ0n) is 14.7. The molecule has 1 amide bonds. The van der Waals surface area contributed by atoms with Gasteiger partial charge in [0.05, 0.1) is 15.5 Å². The van der Waals surface area contributed by atoms with E-state index in [1.54, 1.807) is 5.38 Å². The number of carbonyl (C=O) groups is 1. The van der Waals surface area contributed by atoms with E-state index >= 15 is 0 Å². The number of thiophene rings is 1. The molecule has 10 heteroatoms. The van der Waals surface area contributed by atoms with Crippen LogP contribution < -0.4 is 5.32 Å². The number of hydrogen-bond acceptors (Lipinski definition) is 7. The highest BCUT2D eigenvalue weighted by Gasteiger charge is 2.28. The number of nitrogens with zero attached hydrogens (tertiary/aromatic N) is 2. The minimum Gasteiger partial charge on any atom is -0.506 e. The first-order chi connectivity index (χ1) is 13.4. The molecule has 0 bridgehead atoms. The summed E-state index contributed by atoms with van der Waals surface area (Å²) in [6.07, 6.45) is 1.66. The number of aromatic nitrogens is 1. The molecule has 1 aromatic carbocycles. The molecule has 3 heterocycles. The summed E-state index contributed by atoms with van der Waals surface area (Å²) in [5, 5.41) is 16.9. The lowest BCUT2D eigenvalue weighted by atomic mass is 10.3. The molecule has 28 heavy (non-hydrogen) atoms. The van der Waals surface area contributed by atoms with Gasteiger partial charge in [0.15, 0.2) is 0 Å². The van der Waals surface area contributed by atoms with Gasteiger partial charge in [-0.15, -0.1) is 22.7 Å². The van der Waals surface area contributed by atoms with Crippen molar-refractivity contribution in [3.8, 4) is 15.6 Å². The molecule has 2 aromatic heterocycles. The fourth-order valence-electron chi connectivity index (χ4n) is 2.93. The van der Waals surface area contributed by atoms with Crippen molar-refractivity contribution in [1.82, 2.24) is 9.29 Å². The Labute approximate surface area is 170 Å². The molecule has 0 atom stereocenters. The Morgan fingerprint density at radius 3 is 2.68 bits per heavy atom. The summed E-state index contributed by atoms with van der Waals surface area (Å²) in [5.41, 5.74) is 0.247. The van der Waals surface area contributed by atoms with Gasteiger partial charge in [-0.1, -0.05) is 6.07 Å². The number of nitrogens with one attached hydrogen (secondary N) is 1. The number of benzene rings is 1. The molecule has 1 saturated heterocycles. The average Bonchev–Trinajstić information content (AvgIpc) is 3.43. The second-order valence-electron chi connectivity index (χ2n) is 6.26. The van der Waals surface area contributed by atoms with Crippen LogP contribution in [0.4, 0.5) is 5.69 Å². The van der Waals surface area contributed by atoms with Gasteiger partial charge < -0.3 is 10.4 Å². The summed E-state index contributed by atoms with van der Waals surface area (Å²) in [6, 6.07) is 7.73. The summed E-state index contributed by atoms with van der Waals surface area (Å²) < 4.78 is 26.8. The number of rotatable bonds is 5. The smallest absolute Gasteiger partial charge is 0.275 e. The first-order valence-corrected chi connectivity index (χ1v) is 11.8. The molecule has 0 spiro atoms. The number of anilines is 1. The van der Waals surface area contributed by atoms with E-state index in [4.69, 9.17) is 0 Å². The maximum atomic E-state index is 12.7. The molecule has 4 rings (SSSR count). The van der Waals surface area contributed by atoms with E-state index in [-0.39, 0.29) is 22.0 Å². The van der Waals surface area contributed by atoms with Gasteiger partial charge >= 0.3 is 0 Å². The highest BCUT2D eigenvalue weighted by Crippen LogP contribution is 2.31. The Hall–Kier alpha value is -2.27. The molecule has 0 aliphatic carbocycles. The van der Waals surface area contributed by atoms with Crippen molar-refractivity contribution >= 4 is 44.3 Å². The molecule has 7 nitrogen and oxygen atoms in total. The Kier molecular flexibility index (Phi) is 5.19. The quantitative estimate of drug-likeness (QED) is 0.597. The average molecular weight is 436 g/mol. The van der Waals surface area contributed by atoms with Crippen LogP contribution in [-0.2, 0) is 10.0 Å². The molecule has 146 valence electrons. The topological polar surface area (TPSA) is 99.6 Å². The minimum absolute atomic E-state index is 0.0379. The second-order valence-corrected chi connectivity index (χ2v) is 10.0. The molecule has 1 aliphatic rings. The lowest BCUT2D eigenvalue weighted by Gasteiger charge is -2.16. The molecule has 1 fully saturated rings. The van der Waals surface area contributed by atoms with Gasteiger partial charge in [-0.25, -0.2) is 13.4 Å². The lowest BCUT2D eigenvalue weighted by molar-refractivity contribution is 0.102. The first kappa shape index (κ1) is 19.1. The molecule has 0 saturated carbocycles. The number of thiazole rings is 1. The molecular weight excluding hydrogens is 418 g/mol. The Morgan fingerprint density at radius 2 is 1.96 bits per heavy atom. The van der Waals surface area contributed by atoms with Gasteiger partial charge in [-0.05, 0) is 42.5 Å². The highest BCUT2D eigenvalue weighted by atomic mass is 32.2. The van der Waals surface area contributed by atoms with Crippen LogP contribution in [0.3, 0.4) is 0 Å². The summed E-state index contributed by atoms with van der Waals surface area (Å²) in [6.45, 7) is 0.963. The highest BCUT2D eigenvalue weighted by molar-refractivity contribution is 7.89. The number of phenols is 1. The number of amides is 1. The number of aromatic hydroxyl groups is 1. The molecule has 1 aliphatic heterocycles. The molecule has 0 unspecified atom stereocenters. The van der Waals surface area contributed by atoms with E-state index in [0.717, 1.165) is 22.7 Å². The third kappa shape index (κ3) is 3.68. The van der Waals surface area contributed by atoms with Crippen molar-refractivity contribution in [1.29, 1.82) is 0 Å². The van der Waals surface area contributed by atoms with Crippen LogP contribution in [0.15, 0.2) is 46.0 Å². The van der Waals surface area contributed by atoms with Crippen molar-refractivity contribution in [3.63, 3.8) is 0 Å². The van der Waals surface area contributed by atoms with E-state index in [0.29, 0.717) is 13.1 Å². The normalized spacial score (nSPS) is 15.0. The van der Waals surface area contributed by atoms with Crippen LogP contribution >= 0.6 is 22.7 Å². The van der Waals surface area contributed by atoms with Gasteiger partial charge in [0.1, 0.15) is 16.5 Å². The van der Waals surface area contributed by atoms with Crippen molar-refractivity contribution in [2.45, 2.75) is 17.7 Å². The SMILES string of the molecule is O=C(Nc1cc(S(=O)(=O)N2CCCC2)ccc1O)c1csc(-c2cccs2)n1. The monoisotopic (exact) mass is 435 g/mol. The van der Waals surface area contributed by atoms with E-state index < -0.39 is 15.9 Å². The van der Waals surface area contributed by atoms with Crippen LogP contribution in [0, 0.1) is 0 Å². The number of carbonyl (C=O) groups excluding carboxylic acids is 1. The maximum Gasteiger partial charge on any atom is 0.275 e. The van der Waals surface area contributed by atoms with E-state index in [9.17, 15) is 18.3 Å². The standard InChI is InChI=1S/C18H17N3O4S3/c22-15-6-5-12(28(24,25)21-7-1-2-8-21)10-13(15)19-17(23)14-11-27-18(20-14)16-4-3-9-26-16/h3-6,9-11,22H,1-2,7-8H2,(H,19,23). The van der Waals surface area contributed by atoms with Gasteiger partial charge in [0.2, 0.25) is 10.0 Å². The maximum absolute atomic E-state index is 12.7. The summed E-state index contributed by atoms with van der Waals surface area (Å²) in [5.74, 6) is -0.715. The molecule has 0 radical (unpaired) electrons. The van der Waals surface area contributed by atoms with Gasteiger partial charge in [0.25, 0.3) is 5.91 Å². The van der Waals surface area contributed by atoms with Crippen molar-refractivity contribution in [3.05, 3.63) is 46.8 Å². The number of phenolic OH excluding ortho intramolecular Hbond substituents is 1. The summed E-state index contributed by atoms with van der Waals surface area (Å²) in [4.78, 5) is 17.9. The second kappa shape index (κ2) is 7.63. The van der Waals surface area contributed by atoms with Gasteiger partial charge in [0, 0.05) is 18.5 Å². The lowest BCUT2D eigenvalue weighted by Crippen LogP contribution is -2.28. The zero-order valence-corrected chi connectivity index (χ0v) is 17.1. The summed E-state index contributed by atoms with van der Waals surface area (Å²) in [7, 11) is -3.65. The van der Waals surface area contributed by atoms with Crippen molar-refractivity contribution in [2.75, 3.05) is 18.4 Å². The molecular formula is C18H17N3O4S3. The van der Waals surface area contributed by atoms with Crippen molar-refractivity contribution in [2.24, 2.45) is 0 Å². The minimum atomic E-state index is -3.65. The third-order valence-electron chi connectivity index (χ3n) is 4.39. The fraction of sp³-hybridized carbons (Fsp3) is 0.222. The van der Waals surface area contributed by atoms with Crippen LogP contribution in [-0.4, -0.2) is 41.8 Å². The Bertz CT molecular complexity index is 1100. The number of hydrogen-bond donors (Lipinski definition) is 2. The molecule has 2 N–H and O–H groups in total. The van der Waals surface area contributed by atoms with Crippen molar-refractivity contribution < 1.29 is 18.3 Å². The van der Waals surface area contributed by atoms with E-state index in [1.165, 1.54) is 45.2 Å². The van der Waals surface area contributed by atoms with Gasteiger partial charge in [-0.2, -0.15) is 4.31 Å². The van der Waals surface area contributed by atoms with Crippen LogP contribution in [0.1, 0.15) is 23.3 Å². The third-order valence-corrected chi connectivity index (χ3v) is 8.16. The van der Waals surface area contributed by atoms with E-state index in [1.807, 2.05) is 17.5 Å². The largest absolute Gasteiger partial charge is 0.506 e. The molecule has 3 aromatic rings. The number of sulfonamides is 1. The fourth-order valence-corrected chi connectivity index (χ4v) is 6.09. The van der Waals surface area contributed by atoms with E-state index in [2.05, 4.69) is 10.3 Å². The first-order valence-electron chi connectivity index (χ1n) is 8.59. The van der Waals surface area contributed by atoms with Crippen LogP contribution in [0.25, 0.3) is 9.88 Å².